The van der Waals surface area contributed by atoms with Crippen molar-refractivity contribution < 1.29 is 0 Å². The Bertz CT molecular complexity index is 139. The van der Waals surface area contributed by atoms with Gasteiger partial charge in [0.15, 0.2) is 0 Å². The predicted molar refractivity (Wildman–Crippen MR) is 60.1 cm³/mol. The normalized spacial score (nSPS) is 13.3. The van der Waals surface area contributed by atoms with E-state index in [2.05, 4.69) is 37.6 Å². The molecular weight excluding hydrogens is 160 g/mol. The first kappa shape index (κ1) is 12.7. The topological polar surface area (TPSA) is 15.3 Å². The van der Waals surface area contributed by atoms with E-state index in [-0.39, 0.29) is 0 Å². The van der Waals surface area contributed by atoms with Crippen molar-refractivity contribution in [2.45, 2.75) is 33.2 Å². The van der Waals surface area contributed by atoms with Crippen LogP contribution >= 0.6 is 0 Å². The summed E-state index contributed by atoms with van der Waals surface area (Å²) in [5.41, 5.74) is 1.23. The van der Waals surface area contributed by atoms with Gasteiger partial charge in [-0.25, -0.2) is 0 Å². The fraction of sp³-hybridized carbons (Fsp3) is 0.818. The van der Waals surface area contributed by atoms with Gasteiger partial charge in [0.25, 0.3) is 0 Å². The molecule has 0 aliphatic rings. The van der Waals surface area contributed by atoms with E-state index >= 15 is 0 Å². The summed E-state index contributed by atoms with van der Waals surface area (Å²) in [4.78, 5) is 2.44. The zero-order valence-electron chi connectivity index (χ0n) is 9.56. The van der Waals surface area contributed by atoms with Crippen molar-refractivity contribution in [3.05, 3.63) is 12.2 Å². The Kier molecular flexibility index (Phi) is 6.92. The molecule has 0 fully saturated rings. The summed E-state index contributed by atoms with van der Waals surface area (Å²) in [5, 5.41) is 3.28. The Hall–Kier alpha value is -0.340. The highest BCUT2D eigenvalue weighted by atomic mass is 15.1. The minimum absolute atomic E-state index is 0.473. The van der Waals surface area contributed by atoms with Gasteiger partial charge in [0, 0.05) is 6.04 Å². The van der Waals surface area contributed by atoms with Crippen molar-refractivity contribution in [2.24, 2.45) is 0 Å². The second kappa shape index (κ2) is 7.10. The molecule has 0 saturated carbocycles. The van der Waals surface area contributed by atoms with Crippen LogP contribution in [0, 0.1) is 0 Å². The van der Waals surface area contributed by atoms with E-state index in [1.807, 2.05) is 7.05 Å². The van der Waals surface area contributed by atoms with E-state index in [1.165, 1.54) is 5.57 Å². The predicted octanol–water partition coefficient (Wildman–Crippen LogP) is 1.88. The van der Waals surface area contributed by atoms with E-state index < -0.39 is 0 Å². The van der Waals surface area contributed by atoms with Crippen molar-refractivity contribution in [3.63, 3.8) is 0 Å². The molecule has 0 spiro atoms. The largest absolute Gasteiger partial charge is 0.313 e. The second-order valence-electron chi connectivity index (χ2n) is 3.50. The Labute approximate surface area is 83.0 Å². The van der Waals surface area contributed by atoms with Gasteiger partial charge in [-0.1, -0.05) is 26.0 Å². The van der Waals surface area contributed by atoms with Crippen LogP contribution in [0.4, 0.5) is 0 Å². The number of nitrogens with zero attached hydrogens (tertiary/aromatic N) is 1. The van der Waals surface area contributed by atoms with E-state index in [0.717, 1.165) is 26.1 Å². The lowest BCUT2D eigenvalue weighted by molar-refractivity contribution is 0.289. The van der Waals surface area contributed by atoms with Crippen LogP contribution in [-0.2, 0) is 0 Å². The van der Waals surface area contributed by atoms with Gasteiger partial charge in [0.05, 0.1) is 0 Å². The summed E-state index contributed by atoms with van der Waals surface area (Å²) in [6, 6.07) is 0.473. The molecule has 0 aliphatic carbocycles. The van der Waals surface area contributed by atoms with Crippen LogP contribution in [0.5, 0.6) is 0 Å². The number of hydrogen-bond acceptors (Lipinski definition) is 2. The van der Waals surface area contributed by atoms with Crippen LogP contribution < -0.4 is 5.32 Å². The molecule has 0 radical (unpaired) electrons. The van der Waals surface area contributed by atoms with Crippen LogP contribution in [0.1, 0.15) is 27.2 Å². The first-order valence-electron chi connectivity index (χ1n) is 5.20. The molecule has 2 nitrogen and oxygen atoms in total. The first-order valence-corrected chi connectivity index (χ1v) is 5.20. The molecule has 0 amide bonds. The minimum Gasteiger partial charge on any atom is -0.313 e. The molecule has 1 unspecified atom stereocenters. The van der Waals surface area contributed by atoms with E-state index in [0.29, 0.717) is 6.04 Å². The summed E-state index contributed by atoms with van der Waals surface area (Å²) in [5.74, 6) is 0. The first-order chi connectivity index (χ1) is 6.15. The van der Waals surface area contributed by atoms with Crippen molar-refractivity contribution in [1.29, 1.82) is 0 Å². The average molecular weight is 184 g/mol. The molecule has 2 heteroatoms. The summed E-state index contributed by atoms with van der Waals surface area (Å²) in [7, 11) is 2.00. The number of hydrogen-bond donors (Lipinski definition) is 1. The average Bonchev–Trinajstić information content (AvgIpc) is 2.12. The van der Waals surface area contributed by atoms with Crippen molar-refractivity contribution in [1.82, 2.24) is 10.2 Å². The van der Waals surface area contributed by atoms with Gasteiger partial charge >= 0.3 is 0 Å². The molecule has 0 saturated heterocycles. The number of likely N-dealkylation sites (N-methyl/N-ethyl adjacent to an activating group) is 1. The zero-order valence-corrected chi connectivity index (χ0v) is 9.56. The highest BCUT2D eigenvalue weighted by Crippen LogP contribution is 2.03. The van der Waals surface area contributed by atoms with Gasteiger partial charge in [0.1, 0.15) is 0 Å². The van der Waals surface area contributed by atoms with Crippen LogP contribution in [-0.4, -0.2) is 37.6 Å². The molecule has 0 rings (SSSR count). The van der Waals surface area contributed by atoms with Crippen LogP contribution in [0.15, 0.2) is 12.2 Å². The van der Waals surface area contributed by atoms with Crippen molar-refractivity contribution in [3.8, 4) is 0 Å². The van der Waals surface area contributed by atoms with Crippen LogP contribution in [0.3, 0.4) is 0 Å². The zero-order chi connectivity index (χ0) is 10.3. The van der Waals surface area contributed by atoms with Gasteiger partial charge < -0.3 is 10.2 Å². The molecule has 0 aromatic rings. The van der Waals surface area contributed by atoms with Gasteiger partial charge in [-0.15, -0.1) is 0 Å². The Morgan fingerprint density at radius 3 is 2.23 bits per heavy atom. The molecule has 0 aliphatic heterocycles. The molecule has 13 heavy (non-hydrogen) atoms. The van der Waals surface area contributed by atoms with Gasteiger partial charge in [0.2, 0.25) is 0 Å². The summed E-state index contributed by atoms with van der Waals surface area (Å²) in [6.45, 7) is 13.9. The highest BCUT2D eigenvalue weighted by Gasteiger charge is 2.07. The SMILES string of the molecule is C=C(C)C(CCN(CC)CC)NC. The molecule has 0 aromatic heterocycles. The molecule has 0 aromatic carbocycles. The lowest BCUT2D eigenvalue weighted by Gasteiger charge is -2.22. The fourth-order valence-corrected chi connectivity index (χ4v) is 1.49. The molecule has 0 heterocycles. The molecular formula is C11H24N2. The Morgan fingerprint density at radius 1 is 1.38 bits per heavy atom. The third-order valence-electron chi connectivity index (χ3n) is 2.57. The maximum atomic E-state index is 3.97. The monoisotopic (exact) mass is 184 g/mol. The van der Waals surface area contributed by atoms with Gasteiger partial charge in [-0.05, 0) is 40.0 Å². The van der Waals surface area contributed by atoms with E-state index in [1.54, 1.807) is 0 Å². The summed E-state index contributed by atoms with van der Waals surface area (Å²) < 4.78 is 0. The fourth-order valence-electron chi connectivity index (χ4n) is 1.49. The van der Waals surface area contributed by atoms with E-state index in [4.69, 9.17) is 0 Å². The second-order valence-corrected chi connectivity index (χ2v) is 3.50. The summed E-state index contributed by atoms with van der Waals surface area (Å²) >= 11 is 0. The van der Waals surface area contributed by atoms with Crippen molar-refractivity contribution >= 4 is 0 Å². The minimum atomic E-state index is 0.473. The van der Waals surface area contributed by atoms with E-state index in [9.17, 15) is 0 Å². The standard InChI is InChI=1S/C11H24N2/c1-6-13(7-2)9-8-11(12-5)10(3)4/h11-12H,3,6-9H2,1-2,4-5H3. The lowest BCUT2D eigenvalue weighted by atomic mass is 10.1. The molecule has 78 valence electrons. The van der Waals surface area contributed by atoms with Crippen molar-refractivity contribution in [2.75, 3.05) is 26.7 Å². The summed E-state index contributed by atoms with van der Waals surface area (Å²) in [6.07, 6.45) is 1.16. The maximum Gasteiger partial charge on any atom is 0.0283 e. The lowest BCUT2D eigenvalue weighted by Crippen LogP contribution is -2.32. The quantitative estimate of drug-likeness (QED) is 0.608. The van der Waals surface area contributed by atoms with Gasteiger partial charge in [-0.2, -0.15) is 0 Å². The van der Waals surface area contributed by atoms with Crippen LogP contribution in [0.2, 0.25) is 0 Å². The Balaban J connectivity index is 3.76. The smallest absolute Gasteiger partial charge is 0.0283 e. The molecule has 1 atom stereocenters. The molecule has 0 bridgehead atoms. The molecule has 1 N–H and O–H groups in total. The number of nitrogens with one attached hydrogen (secondary N) is 1. The highest BCUT2D eigenvalue weighted by molar-refractivity contribution is 5.00. The third-order valence-corrected chi connectivity index (χ3v) is 2.57. The van der Waals surface area contributed by atoms with Crippen LogP contribution in [0.25, 0.3) is 0 Å². The number of rotatable bonds is 7. The third kappa shape index (κ3) is 5.06. The Morgan fingerprint density at radius 2 is 1.92 bits per heavy atom. The van der Waals surface area contributed by atoms with Gasteiger partial charge in [-0.3, -0.25) is 0 Å². The maximum absolute atomic E-state index is 3.97.